The summed E-state index contributed by atoms with van der Waals surface area (Å²) >= 11 is 0. The average molecular weight is 422 g/mol. The second kappa shape index (κ2) is 12.2. The van der Waals surface area contributed by atoms with Gasteiger partial charge in [0.25, 0.3) is 0 Å². The van der Waals surface area contributed by atoms with E-state index >= 15 is 0 Å². The quantitative estimate of drug-likeness (QED) is 0.227. The smallest absolute Gasteiger partial charge is 0.309 e. The van der Waals surface area contributed by atoms with Crippen molar-refractivity contribution in [2.75, 3.05) is 0 Å². The molecule has 3 nitrogen and oxygen atoms in total. The minimum absolute atomic E-state index is 0.0152. The normalized spacial score (nSPS) is 37.5. The zero-order valence-electron chi connectivity index (χ0n) is 19.2. The molecule has 3 saturated carbocycles. The zero-order valence-corrected chi connectivity index (χ0v) is 19.2. The molecule has 4 heteroatoms. The molecule has 0 amide bonds. The number of hydrogen-bond donors (Lipinski definition) is 0. The third-order valence-corrected chi connectivity index (χ3v) is 8.34. The molecule has 3 unspecified atom stereocenters. The highest BCUT2D eigenvalue weighted by atomic mass is 19.1. The molecule has 0 bridgehead atoms. The minimum Gasteiger partial charge on any atom is -0.459 e. The third kappa shape index (κ3) is 6.79. The lowest BCUT2D eigenvalue weighted by molar-refractivity contribution is -0.161. The van der Waals surface area contributed by atoms with E-state index in [2.05, 4.69) is 18.6 Å². The fraction of sp³-hybridized carbons (Fsp3) is 0.923. The van der Waals surface area contributed by atoms with E-state index in [0.29, 0.717) is 12.8 Å². The molecule has 0 N–H and O–H groups in total. The number of halogens is 1. The van der Waals surface area contributed by atoms with Gasteiger partial charge in [0.2, 0.25) is 0 Å². The summed E-state index contributed by atoms with van der Waals surface area (Å²) in [6, 6.07) is -0.0168. The summed E-state index contributed by atoms with van der Waals surface area (Å²) in [5.74, 6) is 2.45. The van der Waals surface area contributed by atoms with Crippen molar-refractivity contribution in [3.8, 4) is 0 Å². The van der Waals surface area contributed by atoms with Crippen LogP contribution in [-0.4, -0.2) is 31.0 Å². The van der Waals surface area contributed by atoms with E-state index in [1.54, 1.807) is 0 Å². The molecule has 3 atom stereocenters. The van der Waals surface area contributed by atoms with Gasteiger partial charge in [0, 0.05) is 6.42 Å². The van der Waals surface area contributed by atoms with Gasteiger partial charge in [-0.3, -0.25) is 9.79 Å². The van der Waals surface area contributed by atoms with Crippen LogP contribution in [0.25, 0.3) is 0 Å². The summed E-state index contributed by atoms with van der Waals surface area (Å²) in [5.41, 5.74) is 0. The van der Waals surface area contributed by atoms with Crippen molar-refractivity contribution in [2.24, 2.45) is 28.7 Å². The zero-order chi connectivity index (χ0) is 21.3. The summed E-state index contributed by atoms with van der Waals surface area (Å²) in [5, 5.41) is 0. The third-order valence-electron chi connectivity index (χ3n) is 8.34. The number of rotatable bonds is 9. The van der Waals surface area contributed by atoms with Crippen LogP contribution in [0.2, 0.25) is 0 Å². The van der Waals surface area contributed by atoms with Crippen molar-refractivity contribution in [1.82, 2.24) is 0 Å². The van der Waals surface area contributed by atoms with Gasteiger partial charge in [-0.2, -0.15) is 0 Å². The topological polar surface area (TPSA) is 38.7 Å². The number of unbranched alkanes of at least 4 members (excludes halogenated alkanes) is 3. The maximum absolute atomic E-state index is 14.3. The summed E-state index contributed by atoms with van der Waals surface area (Å²) in [6.45, 7) is 5.80. The van der Waals surface area contributed by atoms with E-state index in [9.17, 15) is 9.18 Å². The number of nitrogens with zero attached hydrogens (tertiary/aromatic N) is 1. The highest BCUT2D eigenvalue weighted by Crippen LogP contribution is 2.42. The Morgan fingerprint density at radius 2 is 1.60 bits per heavy atom. The number of esters is 1. The van der Waals surface area contributed by atoms with E-state index in [1.807, 2.05) is 0 Å². The molecule has 0 spiro atoms. The Morgan fingerprint density at radius 1 is 0.933 bits per heavy atom. The Kier molecular flexibility index (Phi) is 9.64. The molecule has 172 valence electrons. The Hall–Kier alpha value is -0.930. The largest absolute Gasteiger partial charge is 0.459 e. The van der Waals surface area contributed by atoms with Crippen LogP contribution in [0.4, 0.5) is 4.39 Å². The van der Waals surface area contributed by atoms with Gasteiger partial charge in [-0.1, -0.05) is 51.9 Å². The Labute approximate surface area is 183 Å². The lowest BCUT2D eigenvalue weighted by atomic mass is 9.68. The fourth-order valence-electron chi connectivity index (χ4n) is 6.25. The van der Waals surface area contributed by atoms with Crippen LogP contribution in [-0.2, 0) is 9.53 Å². The van der Waals surface area contributed by atoms with Crippen LogP contribution in [0.1, 0.15) is 110 Å². The molecule has 30 heavy (non-hydrogen) atoms. The molecule has 0 aromatic heterocycles. The van der Waals surface area contributed by atoms with Gasteiger partial charge in [-0.25, -0.2) is 4.39 Å². The van der Waals surface area contributed by atoms with Crippen molar-refractivity contribution in [1.29, 1.82) is 0 Å². The minimum atomic E-state index is -1.09. The Morgan fingerprint density at radius 3 is 2.20 bits per heavy atom. The molecule has 3 rings (SSSR count). The first-order valence-electron chi connectivity index (χ1n) is 12.9. The molecule has 0 radical (unpaired) electrons. The molecular weight excluding hydrogens is 377 g/mol. The molecule has 0 saturated heterocycles. The van der Waals surface area contributed by atoms with Crippen molar-refractivity contribution in [3.63, 3.8) is 0 Å². The second-order valence-electron chi connectivity index (χ2n) is 10.4. The molecule has 0 aromatic rings. The van der Waals surface area contributed by atoms with Gasteiger partial charge < -0.3 is 4.74 Å². The number of carbonyl (C=O) groups excluding carboxylic acids is 1. The van der Waals surface area contributed by atoms with Crippen molar-refractivity contribution >= 4 is 12.7 Å². The van der Waals surface area contributed by atoms with Gasteiger partial charge in [-0.05, 0) is 75.8 Å². The maximum atomic E-state index is 14.3. The van der Waals surface area contributed by atoms with Crippen LogP contribution >= 0.6 is 0 Å². The SMILES string of the molecule is C=NC1CCC(OC(=O)C2CCC(C3CCC(CCCCCC)CC3)CC2)C(F)C1. The molecule has 3 fully saturated rings. The van der Waals surface area contributed by atoms with Crippen LogP contribution in [0.5, 0.6) is 0 Å². The molecule has 0 heterocycles. The lowest BCUT2D eigenvalue weighted by Gasteiger charge is -2.38. The van der Waals surface area contributed by atoms with Crippen molar-refractivity contribution < 1.29 is 13.9 Å². The number of ether oxygens (including phenoxy) is 1. The molecule has 0 aliphatic heterocycles. The molecular formula is C26H44FNO2. The van der Waals surface area contributed by atoms with Crippen molar-refractivity contribution in [3.05, 3.63) is 0 Å². The summed E-state index contributed by atoms with van der Waals surface area (Å²) in [7, 11) is 0. The van der Waals surface area contributed by atoms with Crippen molar-refractivity contribution in [2.45, 2.75) is 128 Å². The van der Waals surface area contributed by atoms with Gasteiger partial charge in [0.1, 0.15) is 12.3 Å². The monoisotopic (exact) mass is 421 g/mol. The average Bonchev–Trinajstić information content (AvgIpc) is 2.78. The van der Waals surface area contributed by atoms with Gasteiger partial charge in [0.05, 0.1) is 12.0 Å². The van der Waals surface area contributed by atoms with Gasteiger partial charge in [-0.15, -0.1) is 0 Å². The fourth-order valence-corrected chi connectivity index (χ4v) is 6.25. The van der Waals surface area contributed by atoms with Gasteiger partial charge >= 0.3 is 5.97 Å². The number of alkyl halides is 1. The summed E-state index contributed by atoms with van der Waals surface area (Å²) < 4.78 is 19.9. The number of hydrogen-bond acceptors (Lipinski definition) is 3. The van der Waals surface area contributed by atoms with Crippen LogP contribution in [0.15, 0.2) is 4.99 Å². The first kappa shape index (κ1) is 23.7. The Balaban J connectivity index is 1.33. The predicted octanol–water partition coefficient (Wildman–Crippen LogP) is 7.07. The molecule has 3 aliphatic rings. The first-order valence-corrected chi connectivity index (χ1v) is 12.9. The second-order valence-corrected chi connectivity index (χ2v) is 10.4. The standard InChI is InChI=1S/C26H44FNO2/c1-3-4-5-6-7-19-8-10-20(11-9-19)21-12-14-22(15-13-21)26(29)30-25-17-16-23(28-2)18-24(25)27/h19-25H,2-18H2,1H3. The summed E-state index contributed by atoms with van der Waals surface area (Å²) in [4.78, 5) is 16.6. The van der Waals surface area contributed by atoms with Crippen LogP contribution in [0, 0.1) is 23.7 Å². The highest BCUT2D eigenvalue weighted by Gasteiger charge is 2.37. The van der Waals surface area contributed by atoms with E-state index < -0.39 is 12.3 Å². The molecule has 0 aromatic carbocycles. The highest BCUT2D eigenvalue weighted by molar-refractivity contribution is 5.72. The van der Waals surface area contributed by atoms with Crippen LogP contribution in [0.3, 0.4) is 0 Å². The van der Waals surface area contributed by atoms with E-state index in [-0.39, 0.29) is 17.9 Å². The van der Waals surface area contributed by atoms with Crippen LogP contribution < -0.4 is 0 Å². The Bertz CT molecular complexity index is 523. The first-order chi connectivity index (χ1) is 14.6. The van der Waals surface area contributed by atoms with E-state index in [0.717, 1.165) is 49.9 Å². The van der Waals surface area contributed by atoms with E-state index in [4.69, 9.17) is 4.74 Å². The number of carbonyl (C=O) groups is 1. The predicted molar refractivity (Wildman–Crippen MR) is 122 cm³/mol. The van der Waals surface area contributed by atoms with Gasteiger partial charge in [0.15, 0.2) is 0 Å². The maximum Gasteiger partial charge on any atom is 0.309 e. The summed E-state index contributed by atoms with van der Waals surface area (Å²) in [6.07, 6.45) is 16.8. The van der Waals surface area contributed by atoms with E-state index in [1.165, 1.54) is 57.8 Å². The molecule has 3 aliphatic carbocycles. The number of aliphatic imine (C=N–C) groups is 1. The lowest BCUT2D eigenvalue weighted by Crippen LogP contribution is -2.38.